The third-order valence-electron chi connectivity index (χ3n) is 3.38. The molecule has 2 aromatic carbocycles. The van der Waals surface area contributed by atoms with E-state index in [0.717, 1.165) is 5.56 Å². The average molecular weight is 310 g/mol. The maximum Gasteiger partial charge on any atom is 0.311 e. The number of rotatable bonds is 5. The predicted octanol–water partition coefficient (Wildman–Crippen LogP) is 3.16. The van der Waals surface area contributed by atoms with E-state index in [1.54, 1.807) is 0 Å². The van der Waals surface area contributed by atoms with Gasteiger partial charge in [-0.3, -0.25) is 4.79 Å². The fraction of sp³-hybridized carbons (Fsp3) is 0.188. The number of nitrogens with two attached hydrogens (primary N) is 1. The van der Waals surface area contributed by atoms with E-state index in [0.29, 0.717) is 5.56 Å². The number of halogens is 2. The summed E-state index contributed by atoms with van der Waals surface area (Å²) in [7, 11) is 0. The topological polar surface area (TPSA) is 63.3 Å². The number of hydrogen-bond acceptors (Lipinski definition) is 2. The molecule has 2 unspecified atom stereocenters. The molecule has 0 heterocycles. The highest BCUT2D eigenvalue weighted by atomic mass is 35.5. The van der Waals surface area contributed by atoms with Gasteiger partial charge >= 0.3 is 5.97 Å². The number of carboxylic acid groups (broad SMARTS) is 1. The monoisotopic (exact) mass is 309 g/mol. The Morgan fingerprint density at radius 2 is 1.62 bits per heavy atom. The molecule has 0 aliphatic carbocycles. The lowest BCUT2D eigenvalue weighted by Gasteiger charge is -2.23. The fourth-order valence-corrected chi connectivity index (χ4v) is 2.38. The van der Waals surface area contributed by atoms with Crippen LogP contribution in [0.4, 0.5) is 4.39 Å². The van der Waals surface area contributed by atoms with Crippen molar-refractivity contribution in [3.63, 3.8) is 0 Å². The SMILES string of the molecule is Cl.NCC(c1ccccc1)C(C(=O)O)c1ccc(F)cc1. The van der Waals surface area contributed by atoms with Crippen LogP contribution in [-0.2, 0) is 4.79 Å². The molecule has 21 heavy (non-hydrogen) atoms. The van der Waals surface area contributed by atoms with Crippen molar-refractivity contribution in [1.82, 2.24) is 0 Å². The van der Waals surface area contributed by atoms with Crippen molar-refractivity contribution in [3.8, 4) is 0 Å². The molecule has 112 valence electrons. The molecule has 3 nitrogen and oxygen atoms in total. The highest BCUT2D eigenvalue weighted by Gasteiger charge is 2.30. The van der Waals surface area contributed by atoms with Crippen molar-refractivity contribution in [2.24, 2.45) is 5.73 Å². The first kappa shape index (κ1) is 17.1. The van der Waals surface area contributed by atoms with E-state index in [1.807, 2.05) is 30.3 Å². The zero-order chi connectivity index (χ0) is 14.5. The normalized spacial score (nSPS) is 13.0. The molecule has 0 fully saturated rings. The van der Waals surface area contributed by atoms with E-state index in [2.05, 4.69) is 0 Å². The van der Waals surface area contributed by atoms with Gasteiger partial charge in [0, 0.05) is 12.5 Å². The summed E-state index contributed by atoms with van der Waals surface area (Å²) in [5, 5.41) is 9.51. The van der Waals surface area contributed by atoms with Gasteiger partial charge in [0.1, 0.15) is 5.82 Å². The van der Waals surface area contributed by atoms with E-state index in [4.69, 9.17) is 5.73 Å². The Morgan fingerprint density at radius 1 is 1.05 bits per heavy atom. The smallest absolute Gasteiger partial charge is 0.311 e. The Hall–Kier alpha value is -1.91. The van der Waals surface area contributed by atoms with E-state index >= 15 is 0 Å². The van der Waals surface area contributed by atoms with Crippen LogP contribution in [0, 0.1) is 5.82 Å². The molecule has 0 bridgehead atoms. The van der Waals surface area contributed by atoms with Gasteiger partial charge in [0.15, 0.2) is 0 Å². The van der Waals surface area contributed by atoms with Gasteiger partial charge in [-0.05, 0) is 23.3 Å². The quantitative estimate of drug-likeness (QED) is 0.891. The highest BCUT2D eigenvalue weighted by molar-refractivity contribution is 5.85. The Kier molecular flexibility index (Phi) is 6.34. The van der Waals surface area contributed by atoms with Crippen LogP contribution in [0.2, 0.25) is 0 Å². The summed E-state index contributed by atoms with van der Waals surface area (Å²) in [5.74, 6) is -2.49. The van der Waals surface area contributed by atoms with E-state index in [9.17, 15) is 14.3 Å². The molecule has 0 spiro atoms. The van der Waals surface area contributed by atoms with E-state index in [-0.39, 0.29) is 30.7 Å². The molecule has 3 N–H and O–H groups in total. The predicted molar refractivity (Wildman–Crippen MR) is 82.3 cm³/mol. The van der Waals surface area contributed by atoms with Crippen LogP contribution in [-0.4, -0.2) is 17.6 Å². The molecule has 0 radical (unpaired) electrons. The molecule has 0 saturated heterocycles. The van der Waals surface area contributed by atoms with Gasteiger partial charge in [0.25, 0.3) is 0 Å². The Morgan fingerprint density at radius 3 is 2.10 bits per heavy atom. The molecule has 0 saturated carbocycles. The summed E-state index contributed by atoms with van der Waals surface area (Å²) in [6.07, 6.45) is 0. The molecule has 2 rings (SSSR count). The molecule has 0 aliphatic heterocycles. The van der Waals surface area contributed by atoms with Crippen LogP contribution < -0.4 is 5.73 Å². The second-order valence-electron chi connectivity index (χ2n) is 4.62. The molecular formula is C16H17ClFNO2. The molecule has 0 aromatic heterocycles. The number of carbonyl (C=O) groups is 1. The molecule has 2 atom stereocenters. The first-order valence-electron chi connectivity index (χ1n) is 6.36. The summed E-state index contributed by atoms with van der Waals surface area (Å²) in [5.41, 5.74) is 7.19. The van der Waals surface area contributed by atoms with Crippen molar-refractivity contribution < 1.29 is 14.3 Å². The van der Waals surface area contributed by atoms with Gasteiger partial charge in [0.2, 0.25) is 0 Å². The molecule has 5 heteroatoms. The van der Waals surface area contributed by atoms with Gasteiger partial charge < -0.3 is 10.8 Å². The lowest BCUT2D eigenvalue weighted by atomic mass is 9.81. The van der Waals surface area contributed by atoms with Gasteiger partial charge in [-0.1, -0.05) is 42.5 Å². The lowest BCUT2D eigenvalue weighted by molar-refractivity contribution is -0.139. The summed E-state index contributed by atoms with van der Waals surface area (Å²) >= 11 is 0. The van der Waals surface area contributed by atoms with Crippen molar-refractivity contribution in [1.29, 1.82) is 0 Å². The minimum absolute atomic E-state index is 0. The summed E-state index contributed by atoms with van der Waals surface area (Å²) in [6, 6.07) is 14.8. The second-order valence-corrected chi connectivity index (χ2v) is 4.62. The van der Waals surface area contributed by atoms with Gasteiger partial charge in [-0.2, -0.15) is 0 Å². The Labute approximate surface area is 129 Å². The minimum Gasteiger partial charge on any atom is -0.481 e. The van der Waals surface area contributed by atoms with E-state index < -0.39 is 11.9 Å². The van der Waals surface area contributed by atoms with Crippen LogP contribution in [0.1, 0.15) is 23.0 Å². The fourth-order valence-electron chi connectivity index (χ4n) is 2.38. The second kappa shape index (κ2) is 7.76. The third kappa shape index (κ3) is 4.03. The highest BCUT2D eigenvalue weighted by Crippen LogP contribution is 2.32. The maximum absolute atomic E-state index is 13.0. The lowest BCUT2D eigenvalue weighted by Crippen LogP contribution is -2.26. The average Bonchev–Trinajstić information content (AvgIpc) is 2.46. The van der Waals surface area contributed by atoms with Crippen LogP contribution in [0.15, 0.2) is 54.6 Å². The molecule has 0 aliphatic rings. The standard InChI is InChI=1S/C16H16FNO2.ClH/c17-13-8-6-12(7-9-13)15(16(19)20)14(10-18)11-4-2-1-3-5-11;/h1-9,14-15H,10,18H2,(H,19,20);1H. The minimum atomic E-state index is -0.962. The van der Waals surface area contributed by atoms with Crippen molar-refractivity contribution in [3.05, 3.63) is 71.5 Å². The molecular weight excluding hydrogens is 293 g/mol. The maximum atomic E-state index is 13.0. The summed E-state index contributed by atoms with van der Waals surface area (Å²) in [4.78, 5) is 11.6. The van der Waals surface area contributed by atoms with Crippen LogP contribution in [0.3, 0.4) is 0 Å². The van der Waals surface area contributed by atoms with Crippen LogP contribution in [0.5, 0.6) is 0 Å². The van der Waals surface area contributed by atoms with Crippen molar-refractivity contribution in [2.45, 2.75) is 11.8 Å². The van der Waals surface area contributed by atoms with Crippen molar-refractivity contribution >= 4 is 18.4 Å². The van der Waals surface area contributed by atoms with Gasteiger partial charge in [-0.25, -0.2) is 4.39 Å². The largest absolute Gasteiger partial charge is 0.481 e. The number of carboxylic acids is 1. The summed E-state index contributed by atoms with van der Waals surface area (Å²) in [6.45, 7) is 0.207. The zero-order valence-corrected chi connectivity index (χ0v) is 12.1. The summed E-state index contributed by atoms with van der Waals surface area (Å²) < 4.78 is 13.0. The molecule has 2 aromatic rings. The first-order valence-corrected chi connectivity index (χ1v) is 6.36. The van der Waals surface area contributed by atoms with Crippen LogP contribution in [0.25, 0.3) is 0 Å². The number of aliphatic carboxylic acids is 1. The Bertz CT molecular complexity index is 575. The zero-order valence-electron chi connectivity index (χ0n) is 11.3. The van der Waals surface area contributed by atoms with E-state index in [1.165, 1.54) is 24.3 Å². The number of hydrogen-bond donors (Lipinski definition) is 2. The first-order chi connectivity index (χ1) is 9.63. The van der Waals surface area contributed by atoms with Gasteiger partial charge in [0.05, 0.1) is 5.92 Å². The molecule has 0 amide bonds. The number of benzene rings is 2. The third-order valence-corrected chi connectivity index (χ3v) is 3.38. The van der Waals surface area contributed by atoms with Crippen molar-refractivity contribution in [2.75, 3.05) is 6.54 Å². The Balaban J connectivity index is 0.00000220. The van der Waals surface area contributed by atoms with Crippen LogP contribution >= 0.6 is 12.4 Å². The van der Waals surface area contributed by atoms with Gasteiger partial charge in [-0.15, -0.1) is 12.4 Å².